The molecule has 3 heteroatoms. The summed E-state index contributed by atoms with van der Waals surface area (Å²) in [6.07, 6.45) is 0. The molecule has 0 saturated heterocycles. The van der Waals surface area contributed by atoms with Crippen molar-refractivity contribution >= 4 is 27.2 Å². The summed E-state index contributed by atoms with van der Waals surface area (Å²) < 4.78 is 13.9. The molecule has 0 bridgehead atoms. The predicted octanol–water partition coefficient (Wildman–Crippen LogP) is 2.17. The fourth-order valence-corrected chi connectivity index (χ4v) is 0. The lowest BCUT2D eigenvalue weighted by molar-refractivity contribution is 2.30. The van der Waals surface area contributed by atoms with Gasteiger partial charge in [-0.3, -0.25) is 0 Å². The lowest BCUT2D eigenvalue weighted by atomic mass is 11.9. The Morgan fingerprint density at radius 2 is 3.00 bits per heavy atom. The van der Waals surface area contributed by atoms with Crippen molar-refractivity contribution in [3.05, 3.63) is 0 Å². The van der Waals surface area contributed by atoms with Crippen LogP contribution < -0.4 is 0 Å². The molecule has 0 aliphatic rings. The van der Waals surface area contributed by atoms with Crippen LogP contribution in [0.4, 0.5) is 0 Å². The summed E-state index contributed by atoms with van der Waals surface area (Å²) in [6, 6.07) is 0. The van der Waals surface area contributed by atoms with E-state index in [1.54, 1.807) is 0 Å². The Morgan fingerprint density at radius 3 is 3.00 bits per heavy atom. The van der Waals surface area contributed by atoms with E-state index in [1.807, 2.05) is 13.3 Å². The lowest BCUT2D eigenvalue weighted by Gasteiger charge is -1.91. The predicted molar refractivity (Wildman–Crippen MR) is 36.1 cm³/mol. The van der Waals surface area contributed by atoms with E-state index in [0.29, 0.717) is 0 Å². The van der Waals surface area contributed by atoms with Gasteiger partial charge in [0.1, 0.15) is 1.12 Å². The maximum Gasteiger partial charge on any atom is 0.107 e. The number of rotatable bonds is 2. The molecule has 0 radical (unpaired) electrons. The number of hydrogen-bond acceptors (Lipinski definition) is 1. The van der Waals surface area contributed by atoms with Crippen LogP contribution in [0.5, 0.6) is 0 Å². The quantitative estimate of drug-likeness (QED) is 0.428. The maximum absolute atomic E-state index is 7.14. The van der Waals surface area contributed by atoms with Gasteiger partial charge in [-0.05, 0) is 20.7 Å². The Kier molecular flexibility index (Phi) is 2.21. The van der Waals surface area contributed by atoms with Crippen LogP contribution in [0.1, 0.15) is 0 Å². The van der Waals surface area contributed by atoms with Crippen LogP contribution >= 0.6 is 27.2 Å². The summed E-state index contributed by atoms with van der Waals surface area (Å²) in [6.45, 7) is 4.07. The molecule has 0 aromatic carbocycles. The molecule has 0 rings (SSSR count). The lowest BCUT2D eigenvalue weighted by Crippen LogP contribution is -1.39. The highest BCUT2D eigenvalue weighted by atomic mass is 32.8. The molecule has 1 unspecified atom stereocenters. The van der Waals surface area contributed by atoms with Gasteiger partial charge in [-0.15, -0.1) is 12.2 Å². The molecule has 0 aliphatic heterocycles. The number of hydrogen-bond donors (Lipinski definition) is 1. The van der Waals surface area contributed by atoms with E-state index >= 15 is 0 Å². The summed E-state index contributed by atoms with van der Waals surface area (Å²) in [7, 11) is -0.894. The zero-order valence-corrected chi connectivity index (χ0v) is 5.91. The van der Waals surface area contributed by atoms with Crippen molar-refractivity contribution in [1.82, 2.24) is 0 Å². The zero-order chi connectivity index (χ0) is 5.86. The average Bonchev–Trinajstić information content (AvgIpc) is 1.65. The van der Waals surface area contributed by atoms with Gasteiger partial charge >= 0.3 is 0 Å². The third-order valence-corrected chi connectivity index (χ3v) is 4.41. The van der Waals surface area contributed by atoms with Crippen LogP contribution in [-0.4, -0.2) is 15.7 Å². The summed E-state index contributed by atoms with van der Waals surface area (Å²) in [5, 5.41) is 0. The smallest absolute Gasteiger partial charge is 0.107 e. The molecule has 0 aliphatic carbocycles. The normalized spacial score (nSPS) is 21.4. The molecular weight excluding hydrogens is 118 g/mol. The average molecular weight is 129 g/mol. The molecule has 5 heavy (non-hydrogen) atoms. The number of thiol groups is 1. The first-order valence-electron chi connectivity index (χ1n) is 2.13. The van der Waals surface area contributed by atoms with Gasteiger partial charge in [-0.1, -0.05) is 7.61 Å². The van der Waals surface area contributed by atoms with Crippen LogP contribution in [-0.2, 0) is 0 Å². The fourth-order valence-electron chi connectivity index (χ4n) is 0. The van der Waals surface area contributed by atoms with Gasteiger partial charge in [0.05, 0.1) is 1.28 Å². The molecule has 32 valence electrons. The topological polar surface area (TPSA) is 0 Å². The highest BCUT2D eigenvalue weighted by molar-refractivity contribution is 8.62. The zero-order valence-electron chi connectivity index (χ0n) is 5.30. The summed E-state index contributed by atoms with van der Waals surface area (Å²) >= 11 is 0.943. The van der Waals surface area contributed by atoms with E-state index in [-0.39, 0.29) is 7.61 Å². The van der Waals surface area contributed by atoms with Crippen molar-refractivity contribution in [3.8, 4) is 0 Å². The standard InChI is InChI=1S/C2H8P2S/c1-4(2)3-5/h3,5H,1-2H3/i3T,5D. The van der Waals surface area contributed by atoms with Crippen LogP contribution in [0.25, 0.3) is 0 Å². The van der Waals surface area contributed by atoms with E-state index in [9.17, 15) is 0 Å². The summed E-state index contributed by atoms with van der Waals surface area (Å²) in [5.41, 5.74) is 0. The minimum atomic E-state index is -0.739. The molecule has 0 fully saturated rings. The SMILES string of the molecule is [2H]SP([3H])P(C)C. The second-order valence-corrected chi connectivity index (χ2v) is 7.15. The van der Waals surface area contributed by atoms with Gasteiger partial charge in [-0.25, -0.2) is 0 Å². The summed E-state index contributed by atoms with van der Waals surface area (Å²) in [4.78, 5) is 0. The van der Waals surface area contributed by atoms with E-state index in [1.165, 1.54) is 0 Å². The van der Waals surface area contributed by atoms with Gasteiger partial charge < -0.3 is 0 Å². The molecule has 0 aromatic heterocycles. The first kappa shape index (κ1) is 3.24. The minimum Gasteiger partial charge on any atom is -0.150 e. The molecule has 0 spiro atoms. The van der Waals surface area contributed by atoms with Crippen LogP contribution in [0, 0.1) is 0 Å². The van der Waals surface area contributed by atoms with E-state index in [2.05, 4.69) is 0 Å². The van der Waals surface area contributed by atoms with Crippen LogP contribution in [0.3, 0.4) is 0 Å². The van der Waals surface area contributed by atoms with Gasteiger partial charge in [0.15, 0.2) is 0 Å². The van der Waals surface area contributed by atoms with E-state index in [4.69, 9.17) is 2.40 Å². The minimum absolute atomic E-state index is 0.155. The van der Waals surface area contributed by atoms with Crippen molar-refractivity contribution in [1.29, 1.82) is 2.40 Å². The largest absolute Gasteiger partial charge is 0.150 e. The molecule has 0 amide bonds. The second-order valence-electron chi connectivity index (χ2n) is 0.929. The Balaban J connectivity index is 3.14. The van der Waals surface area contributed by atoms with E-state index in [0.717, 1.165) is 12.2 Å². The maximum atomic E-state index is 7.14. The van der Waals surface area contributed by atoms with Gasteiger partial charge in [0.25, 0.3) is 0 Å². The van der Waals surface area contributed by atoms with Crippen molar-refractivity contribution < 1.29 is 0 Å². The molecule has 0 heterocycles. The van der Waals surface area contributed by atoms with Gasteiger partial charge in [0, 0.05) is 0 Å². The first-order chi connectivity index (χ1) is 3.18. The Labute approximate surface area is 43.7 Å². The van der Waals surface area contributed by atoms with Gasteiger partial charge in [-0.2, -0.15) is 0 Å². The third-order valence-electron chi connectivity index (χ3n) is 0.163. The highest BCUT2D eigenvalue weighted by Crippen LogP contribution is 2.51. The Morgan fingerprint density at radius 1 is 2.40 bits per heavy atom. The fraction of sp³-hybridized carbons (Fsp3) is 1.00. The molecule has 0 saturated carbocycles. The molecule has 1 atom stereocenters. The first-order valence-corrected chi connectivity index (χ1v) is 6.13. The molecule has 0 nitrogen and oxygen atoms in total. The monoisotopic (exact) mass is 129 g/mol. The Hall–Kier alpha value is 1.21. The highest BCUT2D eigenvalue weighted by Gasteiger charge is 1.78. The van der Waals surface area contributed by atoms with E-state index < -0.39 is 7.42 Å². The molecular formula is C2H8P2S. The van der Waals surface area contributed by atoms with Crippen molar-refractivity contribution in [2.75, 3.05) is 13.3 Å². The third kappa shape index (κ3) is 5.21. The van der Waals surface area contributed by atoms with Crippen molar-refractivity contribution in [3.63, 3.8) is 0 Å². The second kappa shape index (κ2) is 3.40. The van der Waals surface area contributed by atoms with Crippen molar-refractivity contribution in [2.24, 2.45) is 0 Å². The molecule has 0 aromatic rings. The Bertz CT molecular complexity index is 51.0. The van der Waals surface area contributed by atoms with Crippen LogP contribution in [0.2, 0.25) is 0 Å². The molecule has 0 N–H and O–H groups in total. The van der Waals surface area contributed by atoms with Crippen molar-refractivity contribution in [2.45, 2.75) is 0 Å². The van der Waals surface area contributed by atoms with Crippen LogP contribution in [0.15, 0.2) is 0 Å². The summed E-state index contributed by atoms with van der Waals surface area (Å²) in [5.74, 6) is 0. The van der Waals surface area contributed by atoms with Gasteiger partial charge in [0.2, 0.25) is 0 Å².